The Morgan fingerprint density at radius 1 is 1.09 bits per heavy atom. The summed E-state index contributed by atoms with van der Waals surface area (Å²) in [6.07, 6.45) is 1.29. The van der Waals surface area contributed by atoms with Crippen LogP contribution in [0.3, 0.4) is 0 Å². The van der Waals surface area contributed by atoms with Crippen LogP contribution in [0.4, 0.5) is 4.39 Å². The van der Waals surface area contributed by atoms with Gasteiger partial charge in [-0.05, 0) is 43.4 Å². The highest BCUT2D eigenvalue weighted by atomic mass is 19.1. The molecule has 6 nitrogen and oxygen atoms in total. The van der Waals surface area contributed by atoms with E-state index in [0.717, 1.165) is 5.56 Å². The maximum Gasteiger partial charge on any atom is 0.320 e. The monoisotopic (exact) mass is 327 g/mol. The number of ether oxygens (including phenoxy) is 1. The van der Waals surface area contributed by atoms with Gasteiger partial charge in [-0.2, -0.15) is 0 Å². The quantitative estimate of drug-likeness (QED) is 0.572. The Balaban J connectivity index is 2.48. The van der Waals surface area contributed by atoms with E-state index in [2.05, 4.69) is 0 Å². The molecule has 0 saturated carbocycles. The van der Waals surface area contributed by atoms with E-state index in [1.165, 1.54) is 0 Å². The number of rotatable bonds is 11. The number of halogens is 1. The van der Waals surface area contributed by atoms with E-state index in [1.54, 1.807) is 24.3 Å². The van der Waals surface area contributed by atoms with Crippen molar-refractivity contribution in [3.8, 4) is 5.75 Å². The predicted molar refractivity (Wildman–Crippen MR) is 82.2 cm³/mol. The Kier molecular flexibility index (Phi) is 8.04. The number of alkyl halides is 1. The van der Waals surface area contributed by atoms with E-state index in [4.69, 9.17) is 15.6 Å². The first-order valence-electron chi connectivity index (χ1n) is 7.43. The largest absolute Gasteiger partial charge is 0.491 e. The Morgan fingerprint density at radius 3 is 2.26 bits per heavy atom. The van der Waals surface area contributed by atoms with Gasteiger partial charge in [0.05, 0.1) is 5.92 Å². The second-order valence-electron chi connectivity index (χ2n) is 5.28. The molecule has 0 aliphatic heterocycles. The molecule has 1 rings (SSSR count). The van der Waals surface area contributed by atoms with Gasteiger partial charge in [-0.1, -0.05) is 12.1 Å². The van der Waals surface area contributed by atoms with Crippen LogP contribution < -0.4 is 10.5 Å². The third-order valence-corrected chi connectivity index (χ3v) is 3.54. The van der Waals surface area contributed by atoms with E-state index >= 15 is 0 Å². The first-order chi connectivity index (χ1) is 10.9. The Bertz CT molecular complexity index is 506. The second-order valence-corrected chi connectivity index (χ2v) is 5.28. The normalized spacial score (nSPS) is 13.3. The van der Waals surface area contributed by atoms with Crippen molar-refractivity contribution in [1.82, 2.24) is 0 Å². The summed E-state index contributed by atoms with van der Waals surface area (Å²) in [5.74, 6) is -2.15. The van der Waals surface area contributed by atoms with Crippen LogP contribution in [0.2, 0.25) is 0 Å². The van der Waals surface area contributed by atoms with Crippen LogP contribution in [0.1, 0.15) is 24.8 Å². The SMILES string of the molecule is N[C@@H](CCC(CCc1ccc(OCCF)cc1)C(=O)O)C(=O)O. The number of nitrogens with two attached hydrogens (primary N) is 1. The van der Waals surface area contributed by atoms with Crippen molar-refractivity contribution in [3.63, 3.8) is 0 Å². The summed E-state index contributed by atoms with van der Waals surface area (Å²) in [5.41, 5.74) is 6.33. The predicted octanol–water partition coefficient (Wildman–Crippen LogP) is 1.86. The van der Waals surface area contributed by atoms with Gasteiger partial charge in [-0.15, -0.1) is 0 Å². The van der Waals surface area contributed by atoms with Crippen LogP contribution in [-0.2, 0) is 16.0 Å². The van der Waals surface area contributed by atoms with Crippen molar-refractivity contribution >= 4 is 11.9 Å². The number of aliphatic carboxylic acids is 2. The molecule has 0 aliphatic carbocycles. The number of carbonyl (C=O) groups is 2. The second kappa shape index (κ2) is 9.78. The molecule has 0 saturated heterocycles. The molecular formula is C16H22FNO5. The van der Waals surface area contributed by atoms with Crippen LogP contribution in [0.25, 0.3) is 0 Å². The molecule has 0 bridgehead atoms. The molecule has 0 aliphatic rings. The Morgan fingerprint density at radius 2 is 1.74 bits per heavy atom. The topological polar surface area (TPSA) is 110 Å². The van der Waals surface area contributed by atoms with E-state index in [9.17, 15) is 19.1 Å². The Hall–Kier alpha value is -2.15. The fraction of sp³-hybridized carbons (Fsp3) is 0.500. The van der Waals surface area contributed by atoms with Crippen LogP contribution in [-0.4, -0.2) is 41.5 Å². The molecule has 128 valence electrons. The lowest BCUT2D eigenvalue weighted by molar-refractivity contribution is -0.143. The number of hydrogen-bond acceptors (Lipinski definition) is 4. The van der Waals surface area contributed by atoms with E-state index < -0.39 is 30.6 Å². The molecule has 7 heteroatoms. The van der Waals surface area contributed by atoms with Crippen molar-refractivity contribution in [3.05, 3.63) is 29.8 Å². The summed E-state index contributed by atoms with van der Waals surface area (Å²) in [7, 11) is 0. The van der Waals surface area contributed by atoms with E-state index in [-0.39, 0.29) is 19.4 Å². The fourth-order valence-corrected chi connectivity index (χ4v) is 2.15. The highest BCUT2D eigenvalue weighted by molar-refractivity contribution is 5.73. The van der Waals surface area contributed by atoms with E-state index in [0.29, 0.717) is 18.6 Å². The fourth-order valence-electron chi connectivity index (χ4n) is 2.15. The summed E-state index contributed by atoms with van der Waals surface area (Å²) < 4.78 is 17.1. The molecule has 1 aromatic rings. The summed E-state index contributed by atoms with van der Waals surface area (Å²) in [6.45, 7) is -0.551. The van der Waals surface area contributed by atoms with Gasteiger partial charge >= 0.3 is 11.9 Å². The molecular weight excluding hydrogens is 305 g/mol. The number of carboxylic acid groups (broad SMARTS) is 2. The zero-order valence-corrected chi connectivity index (χ0v) is 12.8. The third kappa shape index (κ3) is 7.10. The molecule has 2 atom stereocenters. The van der Waals surface area contributed by atoms with Gasteiger partial charge in [0, 0.05) is 0 Å². The molecule has 0 heterocycles. The lowest BCUT2D eigenvalue weighted by atomic mass is 9.93. The number of carboxylic acids is 2. The van der Waals surface area contributed by atoms with Crippen molar-refractivity contribution in [2.45, 2.75) is 31.7 Å². The summed E-state index contributed by atoms with van der Waals surface area (Å²) in [5, 5.41) is 17.9. The highest BCUT2D eigenvalue weighted by Gasteiger charge is 2.20. The first-order valence-corrected chi connectivity index (χ1v) is 7.43. The average molecular weight is 327 g/mol. The molecule has 0 radical (unpaired) electrons. The maximum atomic E-state index is 12.0. The summed E-state index contributed by atoms with van der Waals surface area (Å²) in [4.78, 5) is 21.9. The molecule has 0 aromatic heterocycles. The van der Waals surface area contributed by atoms with Crippen molar-refractivity contribution in [2.75, 3.05) is 13.3 Å². The van der Waals surface area contributed by atoms with Crippen molar-refractivity contribution in [1.29, 1.82) is 0 Å². The molecule has 23 heavy (non-hydrogen) atoms. The lowest BCUT2D eigenvalue weighted by Gasteiger charge is -2.14. The van der Waals surface area contributed by atoms with Gasteiger partial charge in [0.2, 0.25) is 0 Å². The standard InChI is InChI=1S/C16H22FNO5/c17-9-10-23-13-6-2-11(3-7-13)1-4-12(15(19)20)5-8-14(18)16(21)22/h2-3,6-7,12,14H,1,4-5,8-10,18H2,(H,19,20)(H,21,22)/t12?,14-/m0/s1. The molecule has 4 N–H and O–H groups in total. The maximum absolute atomic E-state index is 12.0. The van der Waals surface area contributed by atoms with Gasteiger partial charge in [0.25, 0.3) is 0 Å². The molecule has 1 aromatic carbocycles. The van der Waals surface area contributed by atoms with Crippen LogP contribution >= 0.6 is 0 Å². The first kappa shape index (κ1) is 18.9. The van der Waals surface area contributed by atoms with Crippen LogP contribution in [0.15, 0.2) is 24.3 Å². The lowest BCUT2D eigenvalue weighted by Crippen LogP contribution is -2.31. The molecule has 0 amide bonds. The zero-order chi connectivity index (χ0) is 17.2. The summed E-state index contributed by atoms with van der Waals surface area (Å²) >= 11 is 0. The number of benzene rings is 1. The minimum Gasteiger partial charge on any atom is -0.491 e. The third-order valence-electron chi connectivity index (χ3n) is 3.54. The molecule has 0 spiro atoms. The minimum absolute atomic E-state index is 0.00423. The van der Waals surface area contributed by atoms with Gasteiger partial charge in [-0.3, -0.25) is 9.59 Å². The van der Waals surface area contributed by atoms with Crippen LogP contribution in [0, 0.1) is 5.92 Å². The van der Waals surface area contributed by atoms with Crippen LogP contribution in [0.5, 0.6) is 5.75 Å². The zero-order valence-electron chi connectivity index (χ0n) is 12.8. The smallest absolute Gasteiger partial charge is 0.320 e. The highest BCUT2D eigenvalue weighted by Crippen LogP contribution is 2.19. The molecule has 1 unspecified atom stereocenters. The van der Waals surface area contributed by atoms with Crippen molar-refractivity contribution < 1.29 is 28.9 Å². The van der Waals surface area contributed by atoms with Gasteiger partial charge in [-0.25, -0.2) is 4.39 Å². The van der Waals surface area contributed by atoms with E-state index in [1.807, 2.05) is 0 Å². The van der Waals surface area contributed by atoms with Gasteiger partial charge in [0.1, 0.15) is 25.1 Å². The number of aryl methyl sites for hydroxylation is 1. The van der Waals surface area contributed by atoms with Gasteiger partial charge in [0.15, 0.2) is 0 Å². The number of hydrogen-bond donors (Lipinski definition) is 3. The minimum atomic E-state index is -1.13. The van der Waals surface area contributed by atoms with Gasteiger partial charge < -0.3 is 20.7 Å². The summed E-state index contributed by atoms with van der Waals surface area (Å²) in [6, 6.07) is 5.98. The average Bonchev–Trinajstić information content (AvgIpc) is 2.53. The Labute approximate surface area is 134 Å². The van der Waals surface area contributed by atoms with Crippen molar-refractivity contribution in [2.24, 2.45) is 11.7 Å². The molecule has 0 fully saturated rings.